The number of piperidine rings is 1. The number of benzene rings is 1. The number of carbonyl (C=O) groups is 2. The van der Waals surface area contributed by atoms with Crippen molar-refractivity contribution in [2.24, 2.45) is 5.92 Å². The molecule has 0 aliphatic carbocycles. The predicted octanol–water partition coefficient (Wildman–Crippen LogP) is 2.18. The van der Waals surface area contributed by atoms with Crippen molar-refractivity contribution >= 4 is 11.9 Å². The lowest BCUT2D eigenvalue weighted by Gasteiger charge is -2.31. The molecule has 6 heteroatoms. The van der Waals surface area contributed by atoms with E-state index in [-0.39, 0.29) is 18.6 Å². The molecule has 1 amide bonds. The van der Waals surface area contributed by atoms with Gasteiger partial charge in [0.05, 0.1) is 17.6 Å². The van der Waals surface area contributed by atoms with Crippen LogP contribution in [0.5, 0.6) is 5.75 Å². The van der Waals surface area contributed by atoms with Crippen LogP contribution in [0.2, 0.25) is 0 Å². The highest BCUT2D eigenvalue weighted by molar-refractivity contribution is 5.97. The molecule has 1 aromatic rings. The maximum atomic E-state index is 12.8. The van der Waals surface area contributed by atoms with E-state index in [1.165, 1.54) is 0 Å². The lowest BCUT2D eigenvalue weighted by Crippen LogP contribution is -2.42. The van der Waals surface area contributed by atoms with Crippen LogP contribution < -0.4 is 4.74 Å². The minimum atomic E-state index is -0.838. The Labute approximate surface area is 141 Å². The van der Waals surface area contributed by atoms with Gasteiger partial charge >= 0.3 is 5.97 Å². The summed E-state index contributed by atoms with van der Waals surface area (Å²) in [4.78, 5) is 25.6. The molecule has 3 rings (SSSR count). The normalized spacial score (nSPS) is 23.9. The largest absolute Gasteiger partial charge is 0.490 e. The fourth-order valence-electron chi connectivity index (χ4n) is 3.26. The molecule has 0 bridgehead atoms. The summed E-state index contributed by atoms with van der Waals surface area (Å²) in [6, 6.07) is 7.14. The third kappa shape index (κ3) is 3.87. The molecule has 0 saturated carbocycles. The minimum absolute atomic E-state index is 0.0829. The number of hydrogen-bond acceptors (Lipinski definition) is 4. The Hall–Kier alpha value is -2.08. The van der Waals surface area contributed by atoms with Crippen LogP contribution >= 0.6 is 0 Å². The number of carbonyl (C=O) groups excluding carboxylic acids is 1. The molecule has 0 unspecified atom stereocenters. The maximum Gasteiger partial charge on any atom is 0.308 e. The summed E-state index contributed by atoms with van der Waals surface area (Å²) in [7, 11) is 0. The van der Waals surface area contributed by atoms with Crippen molar-refractivity contribution < 1.29 is 24.2 Å². The van der Waals surface area contributed by atoms with Crippen molar-refractivity contribution in [1.29, 1.82) is 0 Å². The lowest BCUT2D eigenvalue weighted by atomic mass is 9.97. The summed E-state index contributed by atoms with van der Waals surface area (Å²) in [5.41, 5.74) is 0.488. The van der Waals surface area contributed by atoms with Crippen LogP contribution in [0.1, 0.15) is 36.0 Å². The molecule has 0 spiro atoms. The van der Waals surface area contributed by atoms with Gasteiger partial charge in [0.1, 0.15) is 12.4 Å². The molecule has 6 nitrogen and oxygen atoms in total. The standard InChI is InChI=1S/C18H23NO5/c20-17(19-9-3-5-13(11-19)18(21)22)15-7-1-2-8-16(15)24-12-14-6-4-10-23-14/h1-2,7-8,13-14H,3-6,9-12H2,(H,21,22)/t13-,14+/m1/s1. The number of carboxylic acids is 1. The highest BCUT2D eigenvalue weighted by Gasteiger charge is 2.30. The smallest absolute Gasteiger partial charge is 0.308 e. The quantitative estimate of drug-likeness (QED) is 0.894. The van der Waals surface area contributed by atoms with Gasteiger partial charge in [-0.1, -0.05) is 12.1 Å². The molecule has 0 aromatic heterocycles. The van der Waals surface area contributed by atoms with Crippen molar-refractivity contribution in [2.75, 3.05) is 26.3 Å². The molecule has 2 aliphatic heterocycles. The highest BCUT2D eigenvalue weighted by atomic mass is 16.5. The monoisotopic (exact) mass is 333 g/mol. The number of hydrogen-bond donors (Lipinski definition) is 1. The Kier molecular flexibility index (Phi) is 5.35. The summed E-state index contributed by atoms with van der Waals surface area (Å²) in [6.07, 6.45) is 3.43. The maximum absolute atomic E-state index is 12.8. The fourth-order valence-corrected chi connectivity index (χ4v) is 3.26. The van der Waals surface area contributed by atoms with Gasteiger partial charge in [-0.25, -0.2) is 0 Å². The van der Waals surface area contributed by atoms with Gasteiger partial charge in [-0.3, -0.25) is 9.59 Å². The Morgan fingerprint density at radius 1 is 1.25 bits per heavy atom. The molecular formula is C18H23NO5. The average Bonchev–Trinajstić information content (AvgIpc) is 3.13. The molecular weight excluding hydrogens is 310 g/mol. The molecule has 0 radical (unpaired) electrons. The highest BCUT2D eigenvalue weighted by Crippen LogP contribution is 2.25. The zero-order valence-electron chi connectivity index (χ0n) is 13.6. The van der Waals surface area contributed by atoms with E-state index < -0.39 is 11.9 Å². The summed E-state index contributed by atoms with van der Waals surface area (Å²) >= 11 is 0. The molecule has 2 aliphatic rings. The lowest BCUT2D eigenvalue weighted by molar-refractivity contribution is -0.143. The SMILES string of the molecule is O=C(O)[C@@H]1CCCN(C(=O)c2ccccc2OC[C@@H]2CCCO2)C1. The topological polar surface area (TPSA) is 76.1 Å². The molecule has 130 valence electrons. The van der Waals surface area contributed by atoms with Crippen molar-refractivity contribution in [3.63, 3.8) is 0 Å². The first kappa shape index (κ1) is 16.8. The van der Waals surface area contributed by atoms with E-state index >= 15 is 0 Å². The zero-order chi connectivity index (χ0) is 16.9. The van der Waals surface area contributed by atoms with Gasteiger partial charge in [0.15, 0.2) is 0 Å². The summed E-state index contributed by atoms with van der Waals surface area (Å²) in [5.74, 6) is -0.947. The summed E-state index contributed by atoms with van der Waals surface area (Å²) < 4.78 is 11.4. The predicted molar refractivity (Wildman–Crippen MR) is 87.2 cm³/mol. The third-order valence-electron chi connectivity index (χ3n) is 4.62. The number of aliphatic carboxylic acids is 1. The van der Waals surface area contributed by atoms with Crippen molar-refractivity contribution in [2.45, 2.75) is 31.8 Å². The molecule has 2 saturated heterocycles. The second kappa shape index (κ2) is 7.66. The van der Waals surface area contributed by atoms with E-state index in [9.17, 15) is 14.7 Å². The third-order valence-corrected chi connectivity index (χ3v) is 4.62. The number of likely N-dealkylation sites (tertiary alicyclic amines) is 1. The van der Waals surface area contributed by atoms with Crippen LogP contribution in [0.4, 0.5) is 0 Å². The Morgan fingerprint density at radius 3 is 2.83 bits per heavy atom. The fraction of sp³-hybridized carbons (Fsp3) is 0.556. The number of ether oxygens (including phenoxy) is 2. The van der Waals surface area contributed by atoms with Gasteiger partial charge in [-0.15, -0.1) is 0 Å². The van der Waals surface area contributed by atoms with Crippen LogP contribution in [0.25, 0.3) is 0 Å². The van der Waals surface area contributed by atoms with E-state index in [2.05, 4.69) is 0 Å². The number of para-hydroxylation sites is 1. The summed E-state index contributed by atoms with van der Waals surface area (Å²) in [6.45, 7) is 2.04. The first-order valence-corrected chi connectivity index (χ1v) is 8.50. The second-order valence-corrected chi connectivity index (χ2v) is 6.37. The summed E-state index contributed by atoms with van der Waals surface area (Å²) in [5, 5.41) is 9.19. The minimum Gasteiger partial charge on any atom is -0.490 e. The van der Waals surface area contributed by atoms with Crippen LogP contribution in [-0.4, -0.2) is 54.3 Å². The van der Waals surface area contributed by atoms with Crippen molar-refractivity contribution in [3.05, 3.63) is 29.8 Å². The Morgan fingerprint density at radius 2 is 2.08 bits per heavy atom. The Bertz CT molecular complexity index is 597. The number of rotatable bonds is 5. The molecule has 1 aromatic carbocycles. The Balaban J connectivity index is 1.68. The molecule has 2 atom stereocenters. The van der Waals surface area contributed by atoms with Crippen molar-refractivity contribution in [3.8, 4) is 5.75 Å². The van der Waals surface area contributed by atoms with Crippen LogP contribution in [0.15, 0.2) is 24.3 Å². The van der Waals surface area contributed by atoms with Gasteiger partial charge in [0, 0.05) is 19.7 Å². The first-order chi connectivity index (χ1) is 11.6. The van der Waals surface area contributed by atoms with E-state index in [1.807, 2.05) is 6.07 Å². The molecule has 2 heterocycles. The van der Waals surface area contributed by atoms with E-state index in [4.69, 9.17) is 9.47 Å². The van der Waals surface area contributed by atoms with Crippen LogP contribution in [0.3, 0.4) is 0 Å². The number of nitrogens with zero attached hydrogens (tertiary/aromatic N) is 1. The van der Waals surface area contributed by atoms with Gasteiger partial charge in [-0.05, 0) is 37.8 Å². The van der Waals surface area contributed by atoms with Gasteiger partial charge < -0.3 is 19.5 Å². The molecule has 2 fully saturated rings. The molecule has 24 heavy (non-hydrogen) atoms. The molecule has 1 N–H and O–H groups in total. The van der Waals surface area contributed by atoms with Gasteiger partial charge in [-0.2, -0.15) is 0 Å². The van der Waals surface area contributed by atoms with Gasteiger partial charge in [0.2, 0.25) is 0 Å². The number of carboxylic acid groups (broad SMARTS) is 1. The van der Waals surface area contributed by atoms with Crippen LogP contribution in [0, 0.1) is 5.92 Å². The number of amides is 1. The zero-order valence-corrected chi connectivity index (χ0v) is 13.6. The van der Waals surface area contributed by atoms with E-state index in [0.29, 0.717) is 37.3 Å². The van der Waals surface area contributed by atoms with Crippen LogP contribution in [-0.2, 0) is 9.53 Å². The second-order valence-electron chi connectivity index (χ2n) is 6.37. The van der Waals surface area contributed by atoms with Crippen molar-refractivity contribution in [1.82, 2.24) is 4.90 Å². The first-order valence-electron chi connectivity index (χ1n) is 8.50. The average molecular weight is 333 g/mol. The van der Waals surface area contributed by atoms with Gasteiger partial charge in [0.25, 0.3) is 5.91 Å². The van der Waals surface area contributed by atoms with E-state index in [1.54, 1.807) is 23.1 Å². The van der Waals surface area contributed by atoms with E-state index in [0.717, 1.165) is 19.4 Å².